The highest BCUT2D eigenvalue weighted by Crippen LogP contribution is 2.22. The second-order valence-electron chi connectivity index (χ2n) is 6.29. The summed E-state index contributed by atoms with van der Waals surface area (Å²) in [7, 11) is 0. The van der Waals surface area contributed by atoms with Crippen LogP contribution in [0.15, 0.2) is 24.3 Å². The molecule has 0 bridgehead atoms. The molecule has 3 rings (SSSR count). The van der Waals surface area contributed by atoms with Gasteiger partial charge < -0.3 is 15.4 Å². The Hall–Kier alpha value is -2.31. The third-order valence-electron chi connectivity index (χ3n) is 4.42. The molecule has 1 unspecified atom stereocenters. The summed E-state index contributed by atoms with van der Waals surface area (Å²) in [6.07, 6.45) is 4.58. The Kier molecular flexibility index (Phi) is 5.17. The molecule has 1 heterocycles. The number of rotatable bonds is 4. The van der Waals surface area contributed by atoms with E-state index >= 15 is 0 Å². The molecule has 1 saturated carbocycles. The van der Waals surface area contributed by atoms with Gasteiger partial charge in [-0.25, -0.2) is 14.0 Å². The second-order valence-corrected chi connectivity index (χ2v) is 6.29. The molecule has 0 aromatic heterocycles. The van der Waals surface area contributed by atoms with Crippen LogP contribution in [0.1, 0.15) is 32.1 Å². The van der Waals surface area contributed by atoms with Crippen molar-refractivity contribution >= 4 is 17.8 Å². The normalized spacial score (nSPS) is 21.5. The Morgan fingerprint density at radius 2 is 2.08 bits per heavy atom. The van der Waals surface area contributed by atoms with Crippen molar-refractivity contribution in [3.63, 3.8) is 0 Å². The first-order valence-electron chi connectivity index (χ1n) is 8.40. The first-order chi connectivity index (χ1) is 11.6. The zero-order chi connectivity index (χ0) is 16.9. The molecule has 2 aliphatic rings. The third-order valence-corrected chi connectivity index (χ3v) is 4.42. The van der Waals surface area contributed by atoms with Crippen molar-refractivity contribution in [1.29, 1.82) is 0 Å². The smallest absolute Gasteiger partial charge is 0.414 e. The van der Waals surface area contributed by atoms with Crippen LogP contribution in [0, 0.1) is 5.82 Å². The molecular weight excluding hydrogens is 313 g/mol. The van der Waals surface area contributed by atoms with Crippen LogP contribution in [0.25, 0.3) is 0 Å². The maximum atomic E-state index is 13.3. The number of halogens is 1. The summed E-state index contributed by atoms with van der Waals surface area (Å²) >= 11 is 0. The van der Waals surface area contributed by atoms with Crippen LogP contribution in [0.4, 0.5) is 19.7 Å². The number of urea groups is 1. The van der Waals surface area contributed by atoms with E-state index in [1.165, 1.54) is 23.5 Å². The van der Waals surface area contributed by atoms with Crippen LogP contribution in [0.3, 0.4) is 0 Å². The van der Waals surface area contributed by atoms with Gasteiger partial charge in [0, 0.05) is 6.04 Å². The molecule has 2 fully saturated rings. The Bertz CT molecular complexity index is 604. The van der Waals surface area contributed by atoms with Gasteiger partial charge in [0.2, 0.25) is 0 Å². The summed E-state index contributed by atoms with van der Waals surface area (Å²) in [4.78, 5) is 25.2. The van der Waals surface area contributed by atoms with Crippen LogP contribution in [0.2, 0.25) is 0 Å². The highest BCUT2D eigenvalue weighted by Gasteiger charge is 2.32. The molecule has 1 atom stereocenters. The molecule has 2 N–H and O–H groups in total. The highest BCUT2D eigenvalue weighted by atomic mass is 19.1. The van der Waals surface area contributed by atoms with E-state index in [4.69, 9.17) is 4.74 Å². The fraction of sp³-hybridized carbons (Fsp3) is 0.529. The summed E-state index contributed by atoms with van der Waals surface area (Å²) < 4.78 is 18.5. The van der Waals surface area contributed by atoms with Crippen molar-refractivity contribution in [1.82, 2.24) is 10.6 Å². The number of amides is 3. The van der Waals surface area contributed by atoms with E-state index in [0.717, 1.165) is 25.7 Å². The summed E-state index contributed by atoms with van der Waals surface area (Å²) in [5, 5.41) is 5.70. The summed E-state index contributed by atoms with van der Waals surface area (Å²) in [5.74, 6) is -0.409. The lowest BCUT2D eigenvalue weighted by Gasteiger charge is -2.23. The minimum Gasteiger partial charge on any atom is -0.442 e. The molecule has 3 amide bonds. The van der Waals surface area contributed by atoms with Gasteiger partial charge in [-0.3, -0.25) is 4.90 Å². The number of hydrogen-bond donors (Lipinski definition) is 2. The first-order valence-corrected chi connectivity index (χ1v) is 8.40. The SMILES string of the molecule is O=C(NCC1CN(c2cccc(F)c2)C(=O)O1)NC1CCCCC1. The molecular formula is C17H22FN3O3. The van der Waals surface area contributed by atoms with Gasteiger partial charge in [0.1, 0.15) is 11.9 Å². The maximum absolute atomic E-state index is 13.3. The minimum absolute atomic E-state index is 0.230. The van der Waals surface area contributed by atoms with Crippen LogP contribution in [-0.2, 0) is 4.74 Å². The van der Waals surface area contributed by atoms with Crippen molar-refractivity contribution in [3.8, 4) is 0 Å². The minimum atomic E-state index is -0.528. The van der Waals surface area contributed by atoms with Crippen molar-refractivity contribution in [3.05, 3.63) is 30.1 Å². The molecule has 1 saturated heterocycles. The number of cyclic esters (lactones) is 1. The molecule has 1 aromatic rings. The average molecular weight is 335 g/mol. The van der Waals surface area contributed by atoms with E-state index in [0.29, 0.717) is 5.69 Å². The first kappa shape index (κ1) is 16.5. The Morgan fingerprint density at radius 3 is 2.83 bits per heavy atom. The van der Waals surface area contributed by atoms with E-state index in [2.05, 4.69) is 10.6 Å². The topological polar surface area (TPSA) is 70.7 Å². The lowest BCUT2D eigenvalue weighted by atomic mass is 9.96. The van der Waals surface area contributed by atoms with Crippen LogP contribution in [-0.4, -0.2) is 37.4 Å². The van der Waals surface area contributed by atoms with Gasteiger partial charge in [-0.2, -0.15) is 0 Å². The second kappa shape index (κ2) is 7.51. The predicted octanol–water partition coefficient (Wildman–Crippen LogP) is 2.78. The van der Waals surface area contributed by atoms with Crippen molar-refractivity contribution in [2.45, 2.75) is 44.2 Å². The van der Waals surface area contributed by atoms with Crippen LogP contribution >= 0.6 is 0 Å². The number of carbonyl (C=O) groups excluding carboxylic acids is 2. The van der Waals surface area contributed by atoms with Gasteiger partial charge in [-0.15, -0.1) is 0 Å². The van der Waals surface area contributed by atoms with Gasteiger partial charge in [0.05, 0.1) is 18.8 Å². The number of nitrogens with one attached hydrogen (secondary N) is 2. The zero-order valence-electron chi connectivity index (χ0n) is 13.5. The van der Waals surface area contributed by atoms with Gasteiger partial charge >= 0.3 is 12.1 Å². The number of benzene rings is 1. The van der Waals surface area contributed by atoms with Gasteiger partial charge in [0.15, 0.2) is 0 Å². The fourth-order valence-corrected chi connectivity index (χ4v) is 3.17. The Morgan fingerprint density at radius 1 is 1.29 bits per heavy atom. The number of anilines is 1. The molecule has 24 heavy (non-hydrogen) atoms. The van der Waals surface area contributed by atoms with Gasteiger partial charge in [-0.05, 0) is 31.0 Å². The monoisotopic (exact) mass is 335 g/mol. The van der Waals surface area contributed by atoms with Crippen molar-refractivity contribution < 1.29 is 18.7 Å². The molecule has 7 heteroatoms. The molecule has 130 valence electrons. The molecule has 0 radical (unpaired) electrons. The number of carbonyl (C=O) groups is 2. The van der Waals surface area contributed by atoms with E-state index < -0.39 is 18.0 Å². The van der Waals surface area contributed by atoms with E-state index in [1.54, 1.807) is 12.1 Å². The lowest BCUT2D eigenvalue weighted by Crippen LogP contribution is -2.45. The highest BCUT2D eigenvalue weighted by molar-refractivity contribution is 5.89. The molecule has 1 aliphatic heterocycles. The zero-order valence-corrected chi connectivity index (χ0v) is 13.5. The fourth-order valence-electron chi connectivity index (χ4n) is 3.17. The summed E-state index contributed by atoms with van der Waals surface area (Å²) in [5.41, 5.74) is 0.453. The van der Waals surface area contributed by atoms with E-state index in [1.807, 2.05) is 0 Å². The lowest BCUT2D eigenvalue weighted by molar-refractivity contribution is 0.140. The average Bonchev–Trinajstić information content (AvgIpc) is 2.95. The number of hydrogen-bond acceptors (Lipinski definition) is 3. The Balaban J connectivity index is 1.46. The van der Waals surface area contributed by atoms with Crippen LogP contribution in [0.5, 0.6) is 0 Å². The van der Waals surface area contributed by atoms with Crippen molar-refractivity contribution in [2.75, 3.05) is 18.0 Å². The molecule has 6 nitrogen and oxygen atoms in total. The van der Waals surface area contributed by atoms with Crippen molar-refractivity contribution in [2.24, 2.45) is 0 Å². The predicted molar refractivity (Wildman–Crippen MR) is 87.4 cm³/mol. The Labute approximate surface area is 140 Å². The van der Waals surface area contributed by atoms with E-state index in [9.17, 15) is 14.0 Å². The maximum Gasteiger partial charge on any atom is 0.414 e. The number of ether oxygens (including phenoxy) is 1. The quantitative estimate of drug-likeness (QED) is 0.889. The van der Waals surface area contributed by atoms with Crippen LogP contribution < -0.4 is 15.5 Å². The molecule has 0 spiro atoms. The molecule has 1 aliphatic carbocycles. The third kappa shape index (κ3) is 4.15. The number of nitrogens with zero attached hydrogens (tertiary/aromatic N) is 1. The largest absolute Gasteiger partial charge is 0.442 e. The molecule has 1 aromatic carbocycles. The van der Waals surface area contributed by atoms with Gasteiger partial charge in [0.25, 0.3) is 0 Å². The summed E-state index contributed by atoms with van der Waals surface area (Å²) in [6.45, 7) is 0.516. The van der Waals surface area contributed by atoms with E-state index in [-0.39, 0.29) is 25.2 Å². The summed E-state index contributed by atoms with van der Waals surface area (Å²) in [6, 6.07) is 5.79. The standard InChI is InChI=1S/C17H22FN3O3/c18-12-5-4-8-14(9-12)21-11-15(24-17(21)23)10-19-16(22)20-13-6-2-1-3-7-13/h4-5,8-9,13,15H,1-3,6-7,10-11H2,(H2,19,20,22). The van der Waals surface area contributed by atoms with Gasteiger partial charge in [-0.1, -0.05) is 25.3 Å².